The van der Waals surface area contributed by atoms with Gasteiger partial charge in [0.15, 0.2) is 5.58 Å². The van der Waals surface area contributed by atoms with Gasteiger partial charge in [-0.3, -0.25) is 4.79 Å². The first-order chi connectivity index (χ1) is 11.5. The highest BCUT2D eigenvalue weighted by molar-refractivity contribution is 7.88. The Bertz CT molecular complexity index is 830. The van der Waals surface area contributed by atoms with E-state index in [-0.39, 0.29) is 18.3 Å². The average Bonchev–Trinajstić information content (AvgIpc) is 2.98. The predicted octanol–water partition coefficient (Wildman–Crippen LogP) is 1.93. The lowest BCUT2D eigenvalue weighted by molar-refractivity contribution is -0.149. The molecular formula is C16H20N2O5S. The topological polar surface area (TPSA) is 89.7 Å². The number of hydrogen-bond acceptors (Lipinski definition) is 6. The zero-order valence-corrected chi connectivity index (χ0v) is 14.3. The number of benzene rings is 1. The van der Waals surface area contributed by atoms with Gasteiger partial charge in [-0.25, -0.2) is 12.7 Å². The van der Waals surface area contributed by atoms with Crippen molar-refractivity contribution in [1.82, 2.24) is 9.46 Å². The summed E-state index contributed by atoms with van der Waals surface area (Å²) in [5.74, 6) is -0.966. The van der Waals surface area contributed by atoms with Crippen molar-refractivity contribution in [3.63, 3.8) is 0 Å². The molecule has 0 bridgehead atoms. The molecule has 1 aromatic carbocycles. The van der Waals surface area contributed by atoms with Gasteiger partial charge in [0.1, 0.15) is 11.4 Å². The molecule has 1 unspecified atom stereocenters. The maximum absolute atomic E-state index is 12.7. The van der Waals surface area contributed by atoms with Crippen LogP contribution < -0.4 is 0 Å². The fourth-order valence-corrected chi connectivity index (χ4v) is 4.50. The third kappa shape index (κ3) is 3.44. The first kappa shape index (κ1) is 16.9. The fourth-order valence-electron chi connectivity index (χ4n) is 2.95. The van der Waals surface area contributed by atoms with Crippen LogP contribution >= 0.6 is 0 Å². The zero-order chi connectivity index (χ0) is 17.2. The van der Waals surface area contributed by atoms with Crippen LogP contribution in [0.15, 0.2) is 28.8 Å². The van der Waals surface area contributed by atoms with Crippen LogP contribution in [0, 0.1) is 5.92 Å². The van der Waals surface area contributed by atoms with Crippen LogP contribution in [-0.4, -0.2) is 43.5 Å². The molecule has 2 heterocycles. The number of carbonyl (C=O) groups is 1. The van der Waals surface area contributed by atoms with Crippen molar-refractivity contribution in [2.75, 3.05) is 19.7 Å². The minimum absolute atomic E-state index is 0.164. The van der Waals surface area contributed by atoms with Gasteiger partial charge < -0.3 is 9.26 Å². The van der Waals surface area contributed by atoms with Gasteiger partial charge in [0.25, 0.3) is 0 Å². The molecular weight excluding hydrogens is 332 g/mol. The average molecular weight is 352 g/mol. The molecule has 130 valence electrons. The molecule has 24 heavy (non-hydrogen) atoms. The quantitative estimate of drug-likeness (QED) is 0.764. The molecule has 1 fully saturated rings. The molecule has 0 aliphatic carbocycles. The number of para-hydroxylation sites is 1. The minimum atomic E-state index is -3.58. The number of carbonyl (C=O) groups excluding carboxylic acids is 1. The number of fused-ring (bicyclic) bond motifs is 1. The van der Waals surface area contributed by atoms with Gasteiger partial charge in [0, 0.05) is 18.5 Å². The Kier molecular flexibility index (Phi) is 4.86. The molecule has 0 spiro atoms. The second-order valence-corrected chi connectivity index (χ2v) is 7.80. The lowest BCUT2D eigenvalue weighted by Gasteiger charge is -2.30. The number of aromatic nitrogens is 1. The van der Waals surface area contributed by atoms with Crippen molar-refractivity contribution in [3.05, 3.63) is 30.0 Å². The predicted molar refractivity (Wildman–Crippen MR) is 87.6 cm³/mol. The van der Waals surface area contributed by atoms with E-state index in [1.807, 2.05) is 6.07 Å². The lowest BCUT2D eigenvalue weighted by Crippen LogP contribution is -2.43. The highest BCUT2D eigenvalue weighted by Gasteiger charge is 2.33. The molecule has 0 radical (unpaired) electrons. The van der Waals surface area contributed by atoms with E-state index in [0.29, 0.717) is 42.7 Å². The maximum atomic E-state index is 12.7. The number of piperidine rings is 1. The van der Waals surface area contributed by atoms with Gasteiger partial charge in [-0.15, -0.1) is 0 Å². The number of rotatable bonds is 5. The monoisotopic (exact) mass is 352 g/mol. The van der Waals surface area contributed by atoms with Crippen LogP contribution in [0.5, 0.6) is 0 Å². The normalized spacial score (nSPS) is 19.5. The number of hydrogen-bond donors (Lipinski definition) is 0. The summed E-state index contributed by atoms with van der Waals surface area (Å²) in [6.45, 7) is 2.61. The second-order valence-electron chi connectivity index (χ2n) is 5.83. The van der Waals surface area contributed by atoms with E-state index in [0.717, 1.165) is 0 Å². The summed E-state index contributed by atoms with van der Waals surface area (Å²) in [5, 5.41) is 4.58. The molecule has 0 amide bonds. The number of ether oxygens (including phenoxy) is 1. The second kappa shape index (κ2) is 6.90. The Labute approximate surface area is 140 Å². The van der Waals surface area contributed by atoms with E-state index in [2.05, 4.69) is 5.16 Å². The molecule has 2 aromatic rings. The van der Waals surface area contributed by atoms with Gasteiger partial charge in [-0.05, 0) is 31.9 Å². The smallest absolute Gasteiger partial charge is 0.310 e. The van der Waals surface area contributed by atoms with Gasteiger partial charge in [-0.1, -0.05) is 17.3 Å². The summed E-state index contributed by atoms with van der Waals surface area (Å²) in [6, 6.07) is 7.15. The van der Waals surface area contributed by atoms with Crippen molar-refractivity contribution in [2.24, 2.45) is 5.92 Å². The van der Waals surface area contributed by atoms with Crippen LogP contribution in [0.25, 0.3) is 11.0 Å². The largest absolute Gasteiger partial charge is 0.466 e. The van der Waals surface area contributed by atoms with E-state index < -0.39 is 15.9 Å². The summed E-state index contributed by atoms with van der Waals surface area (Å²) < 4.78 is 37.0. The summed E-state index contributed by atoms with van der Waals surface area (Å²) in [7, 11) is -3.58. The molecule has 1 saturated heterocycles. The van der Waals surface area contributed by atoms with E-state index >= 15 is 0 Å². The number of nitrogens with zero attached hydrogens (tertiary/aromatic N) is 2. The molecule has 0 N–H and O–H groups in total. The SMILES string of the molecule is CCOC(=O)C1CCCN(S(=O)(=O)Cc2noc3ccccc23)C1. The van der Waals surface area contributed by atoms with Gasteiger partial charge >= 0.3 is 5.97 Å². The highest BCUT2D eigenvalue weighted by atomic mass is 32.2. The maximum Gasteiger partial charge on any atom is 0.310 e. The van der Waals surface area contributed by atoms with Gasteiger partial charge in [-0.2, -0.15) is 0 Å². The van der Waals surface area contributed by atoms with Crippen LogP contribution in [-0.2, 0) is 25.3 Å². The van der Waals surface area contributed by atoms with Crippen molar-refractivity contribution in [2.45, 2.75) is 25.5 Å². The first-order valence-corrected chi connectivity index (χ1v) is 9.60. The van der Waals surface area contributed by atoms with Crippen molar-refractivity contribution < 1.29 is 22.5 Å². The van der Waals surface area contributed by atoms with Crippen molar-refractivity contribution >= 4 is 27.0 Å². The third-order valence-electron chi connectivity index (χ3n) is 4.17. The molecule has 1 aliphatic rings. The zero-order valence-electron chi connectivity index (χ0n) is 13.5. The standard InChI is InChI=1S/C16H20N2O5S/c1-2-22-16(19)12-6-5-9-18(10-12)24(20,21)11-14-13-7-3-4-8-15(13)23-17-14/h3-4,7-8,12H,2,5-6,9-11H2,1H3. The van der Waals surface area contributed by atoms with Gasteiger partial charge in [0.05, 0.1) is 12.5 Å². The van der Waals surface area contributed by atoms with Crippen LogP contribution in [0.2, 0.25) is 0 Å². The molecule has 7 nitrogen and oxygen atoms in total. The van der Waals surface area contributed by atoms with E-state index in [1.54, 1.807) is 25.1 Å². The Balaban J connectivity index is 1.76. The Morgan fingerprint density at radius 2 is 2.21 bits per heavy atom. The third-order valence-corrected chi connectivity index (χ3v) is 5.93. The molecule has 3 rings (SSSR count). The summed E-state index contributed by atoms with van der Waals surface area (Å²) in [5.41, 5.74) is 0.953. The first-order valence-electron chi connectivity index (χ1n) is 7.99. The molecule has 8 heteroatoms. The molecule has 1 aromatic heterocycles. The summed E-state index contributed by atoms with van der Waals surface area (Å²) in [6.07, 6.45) is 1.29. The van der Waals surface area contributed by atoms with Crippen LogP contribution in [0.3, 0.4) is 0 Å². The minimum Gasteiger partial charge on any atom is -0.466 e. The highest BCUT2D eigenvalue weighted by Crippen LogP contribution is 2.25. The van der Waals surface area contributed by atoms with Gasteiger partial charge in [0.2, 0.25) is 10.0 Å². The number of esters is 1. The Morgan fingerprint density at radius 1 is 1.42 bits per heavy atom. The molecule has 1 atom stereocenters. The summed E-state index contributed by atoms with van der Waals surface area (Å²) >= 11 is 0. The van der Waals surface area contributed by atoms with Crippen molar-refractivity contribution in [3.8, 4) is 0 Å². The summed E-state index contributed by atoms with van der Waals surface area (Å²) in [4.78, 5) is 11.9. The molecule has 1 aliphatic heterocycles. The van der Waals surface area contributed by atoms with Crippen LogP contribution in [0.4, 0.5) is 0 Å². The molecule has 0 saturated carbocycles. The number of sulfonamides is 1. The van der Waals surface area contributed by atoms with Crippen LogP contribution in [0.1, 0.15) is 25.5 Å². The Morgan fingerprint density at radius 3 is 3.00 bits per heavy atom. The fraction of sp³-hybridized carbons (Fsp3) is 0.500. The van der Waals surface area contributed by atoms with E-state index in [9.17, 15) is 13.2 Å². The van der Waals surface area contributed by atoms with E-state index in [4.69, 9.17) is 9.26 Å². The van der Waals surface area contributed by atoms with E-state index in [1.165, 1.54) is 4.31 Å². The lowest BCUT2D eigenvalue weighted by atomic mass is 10.0. The van der Waals surface area contributed by atoms with Crippen molar-refractivity contribution in [1.29, 1.82) is 0 Å². The Hall–Kier alpha value is -1.93.